The second kappa shape index (κ2) is 7.97. The first kappa shape index (κ1) is 21.3. The Balaban J connectivity index is 2.09. The van der Waals surface area contributed by atoms with Crippen molar-refractivity contribution >= 4 is 10.8 Å². The molecule has 0 bridgehead atoms. The van der Waals surface area contributed by atoms with E-state index >= 15 is 0 Å². The number of nitrogens with zero attached hydrogens (tertiary/aromatic N) is 1. The highest BCUT2D eigenvalue weighted by Crippen LogP contribution is 2.50. The summed E-state index contributed by atoms with van der Waals surface area (Å²) >= 11 is 0. The van der Waals surface area contributed by atoms with Gasteiger partial charge in [0.2, 0.25) is 0 Å². The molecule has 0 amide bonds. The van der Waals surface area contributed by atoms with E-state index in [4.69, 9.17) is 14.2 Å². The lowest BCUT2D eigenvalue weighted by molar-refractivity contribution is 0.176. The number of phenolic OH excluding ortho intramolecular Hbond substituents is 1. The molecule has 0 radical (unpaired) electrons. The largest absolute Gasteiger partial charge is 0.507 e. The number of rotatable bonds is 4. The highest BCUT2D eigenvalue weighted by atomic mass is 16.5. The van der Waals surface area contributed by atoms with Crippen molar-refractivity contribution in [2.24, 2.45) is 0 Å². The molecule has 0 spiro atoms. The minimum Gasteiger partial charge on any atom is -0.507 e. The molecule has 1 N–H and O–H groups in total. The Labute approximate surface area is 184 Å². The number of fused-ring (bicyclic) bond motifs is 2. The van der Waals surface area contributed by atoms with Crippen LogP contribution in [0, 0.1) is 6.92 Å². The highest BCUT2D eigenvalue weighted by molar-refractivity contribution is 6.06. The number of hydrogen-bond acceptors (Lipinski definition) is 5. The van der Waals surface area contributed by atoms with Gasteiger partial charge in [0.15, 0.2) is 0 Å². The van der Waals surface area contributed by atoms with E-state index in [1.54, 1.807) is 21.3 Å². The van der Waals surface area contributed by atoms with Gasteiger partial charge in [0.1, 0.15) is 23.0 Å². The number of aromatic hydroxyl groups is 1. The molecular weight excluding hydrogens is 390 g/mol. The van der Waals surface area contributed by atoms with E-state index < -0.39 is 0 Å². The van der Waals surface area contributed by atoms with E-state index in [2.05, 4.69) is 37.9 Å². The summed E-state index contributed by atoms with van der Waals surface area (Å²) in [5.74, 6) is 2.43. The van der Waals surface area contributed by atoms with Crippen LogP contribution in [0.3, 0.4) is 0 Å². The number of benzene rings is 3. The van der Waals surface area contributed by atoms with Crippen LogP contribution in [0.1, 0.15) is 36.6 Å². The number of aryl methyl sites for hydroxylation is 1. The van der Waals surface area contributed by atoms with Gasteiger partial charge in [-0.25, -0.2) is 0 Å². The summed E-state index contributed by atoms with van der Waals surface area (Å²) in [6.07, 6.45) is 0.872. The molecule has 1 heterocycles. The molecule has 5 heteroatoms. The summed E-state index contributed by atoms with van der Waals surface area (Å²) < 4.78 is 17.1. The number of methoxy groups -OCH3 is 3. The van der Waals surface area contributed by atoms with Crippen molar-refractivity contribution in [3.8, 4) is 34.1 Å². The van der Waals surface area contributed by atoms with Crippen LogP contribution in [0.15, 0.2) is 30.3 Å². The van der Waals surface area contributed by atoms with Gasteiger partial charge in [0, 0.05) is 17.6 Å². The maximum Gasteiger partial charge on any atom is 0.132 e. The lowest BCUT2D eigenvalue weighted by Crippen LogP contribution is -2.38. The van der Waals surface area contributed by atoms with Crippen LogP contribution >= 0.6 is 0 Å². The average molecular weight is 422 g/mol. The van der Waals surface area contributed by atoms with Crippen molar-refractivity contribution in [3.05, 3.63) is 47.0 Å². The number of hydrogen-bond donors (Lipinski definition) is 1. The molecule has 5 nitrogen and oxygen atoms in total. The van der Waals surface area contributed by atoms with Gasteiger partial charge in [-0.2, -0.15) is 0 Å². The Morgan fingerprint density at radius 1 is 0.935 bits per heavy atom. The minimum atomic E-state index is 0.101. The van der Waals surface area contributed by atoms with E-state index in [1.165, 1.54) is 0 Å². The number of ether oxygens (including phenoxy) is 3. The molecule has 3 aromatic rings. The van der Waals surface area contributed by atoms with Crippen LogP contribution in [0.4, 0.5) is 0 Å². The topological polar surface area (TPSA) is 51.2 Å². The molecule has 0 fully saturated rings. The molecular formula is C26H31NO4. The molecule has 164 valence electrons. The SMILES string of the molecule is COc1cc2c(c(O)c1-c1ccc(OC)c3c(OC)cc(C)cc13)C(C)N(C)C(C)C2. The van der Waals surface area contributed by atoms with Crippen LogP contribution in [-0.4, -0.2) is 44.4 Å². The Kier molecular flexibility index (Phi) is 5.48. The van der Waals surface area contributed by atoms with E-state index in [9.17, 15) is 5.11 Å². The predicted octanol–water partition coefficient (Wildman–Crippen LogP) is 5.48. The maximum atomic E-state index is 11.6. The van der Waals surface area contributed by atoms with Crippen molar-refractivity contribution in [1.82, 2.24) is 4.90 Å². The van der Waals surface area contributed by atoms with E-state index in [1.807, 2.05) is 25.1 Å². The predicted molar refractivity (Wildman–Crippen MR) is 125 cm³/mol. The fourth-order valence-corrected chi connectivity index (χ4v) is 4.92. The number of likely N-dealkylation sites (N-methyl/N-ethyl adjacent to an activating group) is 1. The zero-order valence-corrected chi connectivity index (χ0v) is 19.4. The van der Waals surface area contributed by atoms with Gasteiger partial charge in [0.25, 0.3) is 0 Å². The molecule has 0 aromatic heterocycles. The number of phenols is 1. The van der Waals surface area contributed by atoms with Crippen molar-refractivity contribution < 1.29 is 19.3 Å². The maximum absolute atomic E-state index is 11.6. The molecule has 1 aliphatic heterocycles. The van der Waals surface area contributed by atoms with Crippen molar-refractivity contribution in [2.45, 2.75) is 39.3 Å². The van der Waals surface area contributed by atoms with Crippen molar-refractivity contribution in [2.75, 3.05) is 28.4 Å². The van der Waals surface area contributed by atoms with Crippen LogP contribution in [0.25, 0.3) is 21.9 Å². The van der Waals surface area contributed by atoms with E-state index in [0.29, 0.717) is 17.4 Å². The summed E-state index contributed by atoms with van der Waals surface area (Å²) in [7, 11) is 7.09. The van der Waals surface area contributed by atoms with Crippen LogP contribution in [0.5, 0.6) is 23.0 Å². The van der Waals surface area contributed by atoms with Crippen molar-refractivity contribution in [1.29, 1.82) is 0 Å². The summed E-state index contributed by atoms with van der Waals surface area (Å²) in [6.45, 7) is 6.39. The molecule has 4 rings (SSSR count). The first-order valence-electron chi connectivity index (χ1n) is 10.6. The first-order valence-corrected chi connectivity index (χ1v) is 10.6. The van der Waals surface area contributed by atoms with Gasteiger partial charge in [-0.3, -0.25) is 4.90 Å². The quantitative estimate of drug-likeness (QED) is 0.604. The smallest absolute Gasteiger partial charge is 0.132 e. The Morgan fingerprint density at radius 2 is 1.61 bits per heavy atom. The van der Waals surface area contributed by atoms with Gasteiger partial charge in [-0.05, 0) is 80.6 Å². The first-order chi connectivity index (χ1) is 14.8. The lowest BCUT2D eigenvalue weighted by Gasteiger charge is -2.38. The summed E-state index contributed by atoms with van der Waals surface area (Å²) in [5.41, 5.74) is 4.78. The third-order valence-corrected chi connectivity index (χ3v) is 6.74. The van der Waals surface area contributed by atoms with Crippen LogP contribution in [0.2, 0.25) is 0 Å². The molecule has 3 aromatic carbocycles. The normalized spacial score (nSPS) is 18.7. The summed E-state index contributed by atoms with van der Waals surface area (Å²) in [5, 5.41) is 13.4. The second-order valence-electron chi connectivity index (χ2n) is 8.47. The molecule has 0 saturated heterocycles. The lowest BCUT2D eigenvalue weighted by atomic mass is 9.84. The molecule has 2 atom stereocenters. The second-order valence-corrected chi connectivity index (χ2v) is 8.47. The minimum absolute atomic E-state index is 0.101. The zero-order chi connectivity index (χ0) is 22.4. The molecule has 1 aliphatic rings. The van der Waals surface area contributed by atoms with Gasteiger partial charge in [0.05, 0.1) is 32.3 Å². The highest BCUT2D eigenvalue weighted by Gasteiger charge is 2.32. The van der Waals surface area contributed by atoms with Crippen LogP contribution in [-0.2, 0) is 6.42 Å². The van der Waals surface area contributed by atoms with Crippen molar-refractivity contribution in [3.63, 3.8) is 0 Å². The standard InChI is InChI=1S/C26H31NO4/c1-14-10-19-18(8-9-20(29-5)24(19)21(11-14)30-6)25-22(31-7)13-17-12-15(2)27(4)16(3)23(17)26(25)28/h8-11,13,15-16,28H,12H2,1-7H3. The molecule has 0 saturated carbocycles. The van der Waals surface area contributed by atoms with E-state index in [0.717, 1.165) is 50.9 Å². The molecule has 2 unspecified atom stereocenters. The van der Waals surface area contributed by atoms with Gasteiger partial charge in [-0.1, -0.05) is 6.07 Å². The molecule has 31 heavy (non-hydrogen) atoms. The third-order valence-electron chi connectivity index (χ3n) is 6.74. The summed E-state index contributed by atoms with van der Waals surface area (Å²) in [4.78, 5) is 2.30. The fraction of sp³-hybridized carbons (Fsp3) is 0.385. The third kappa shape index (κ3) is 3.28. The summed E-state index contributed by atoms with van der Waals surface area (Å²) in [6, 6.07) is 10.6. The van der Waals surface area contributed by atoms with Gasteiger partial charge < -0.3 is 19.3 Å². The fourth-order valence-electron chi connectivity index (χ4n) is 4.92. The van der Waals surface area contributed by atoms with Crippen LogP contribution < -0.4 is 14.2 Å². The van der Waals surface area contributed by atoms with E-state index in [-0.39, 0.29) is 11.8 Å². The Morgan fingerprint density at radius 3 is 2.26 bits per heavy atom. The Hall–Kier alpha value is -2.92. The average Bonchev–Trinajstić information content (AvgIpc) is 2.76. The zero-order valence-electron chi connectivity index (χ0n) is 19.4. The molecule has 0 aliphatic carbocycles. The monoisotopic (exact) mass is 421 g/mol. The van der Waals surface area contributed by atoms with Gasteiger partial charge in [-0.15, -0.1) is 0 Å². The van der Waals surface area contributed by atoms with Gasteiger partial charge >= 0.3 is 0 Å². The Bertz CT molecular complexity index is 1150.